The fourth-order valence-corrected chi connectivity index (χ4v) is 1.78. The van der Waals surface area contributed by atoms with Gasteiger partial charge in [-0.15, -0.1) is 0 Å². The Morgan fingerprint density at radius 3 is 1.80 bits per heavy atom. The van der Waals surface area contributed by atoms with E-state index in [0.29, 0.717) is 17.8 Å². The molecule has 0 aliphatic carbocycles. The minimum absolute atomic E-state index is 0.449. The highest BCUT2D eigenvalue weighted by atomic mass is 14.3. The van der Waals surface area contributed by atoms with Crippen molar-refractivity contribution < 1.29 is 0 Å². The van der Waals surface area contributed by atoms with Crippen LogP contribution in [0.1, 0.15) is 25.0 Å². The summed E-state index contributed by atoms with van der Waals surface area (Å²) in [6.07, 6.45) is 2.08. The predicted octanol–water partition coefficient (Wildman–Crippen LogP) is 2.17. The molecule has 3 heteroatoms. The molecule has 0 fully saturated rings. The van der Waals surface area contributed by atoms with Gasteiger partial charge in [-0.2, -0.15) is 10.5 Å². The van der Waals surface area contributed by atoms with Gasteiger partial charge < -0.3 is 0 Å². The Morgan fingerprint density at radius 2 is 1.47 bits per heavy atom. The molecule has 0 spiro atoms. The summed E-state index contributed by atoms with van der Waals surface area (Å²) in [7, 11) is 0. The largest absolute Gasteiger partial charge is 0.192 e. The van der Waals surface area contributed by atoms with Gasteiger partial charge in [-0.3, -0.25) is 0 Å². The van der Waals surface area contributed by atoms with E-state index in [2.05, 4.69) is 26.0 Å². The maximum Gasteiger partial charge on any atom is 0.175 e. The van der Waals surface area contributed by atoms with Crippen LogP contribution in [0, 0.1) is 22.7 Å². The standard InChI is InChI=1S/C12H13BN2/c1-3-13(4-2)12-6-10(8-14)5-11(7-12)9-15/h5-7H,3-4H2,1-2H3. The molecule has 0 atom stereocenters. The lowest BCUT2D eigenvalue weighted by Crippen LogP contribution is -2.28. The van der Waals surface area contributed by atoms with Gasteiger partial charge in [0.15, 0.2) is 6.71 Å². The van der Waals surface area contributed by atoms with Gasteiger partial charge in [0.25, 0.3) is 0 Å². The van der Waals surface area contributed by atoms with Gasteiger partial charge in [0.1, 0.15) is 0 Å². The lowest BCUT2D eigenvalue weighted by atomic mass is 9.41. The maximum atomic E-state index is 8.85. The van der Waals surface area contributed by atoms with Gasteiger partial charge in [0.05, 0.1) is 23.3 Å². The van der Waals surface area contributed by atoms with E-state index in [-0.39, 0.29) is 0 Å². The lowest BCUT2D eigenvalue weighted by molar-refractivity contribution is 1.32. The van der Waals surface area contributed by atoms with Gasteiger partial charge in [-0.25, -0.2) is 0 Å². The van der Waals surface area contributed by atoms with E-state index in [1.165, 1.54) is 0 Å². The van der Waals surface area contributed by atoms with Crippen LogP contribution >= 0.6 is 0 Å². The van der Waals surface area contributed by atoms with Crippen LogP contribution < -0.4 is 5.46 Å². The second kappa shape index (κ2) is 5.22. The molecule has 2 nitrogen and oxygen atoms in total. The molecule has 0 unspecified atom stereocenters. The Hall–Kier alpha value is -1.74. The fraction of sp³-hybridized carbons (Fsp3) is 0.333. The van der Waals surface area contributed by atoms with Crippen molar-refractivity contribution in [2.75, 3.05) is 0 Å². The first-order chi connectivity index (χ1) is 7.24. The highest BCUT2D eigenvalue weighted by molar-refractivity contribution is 6.73. The molecule has 0 N–H and O–H groups in total. The second-order valence-electron chi connectivity index (χ2n) is 3.58. The summed E-state index contributed by atoms with van der Waals surface area (Å²) in [4.78, 5) is 0. The lowest BCUT2D eigenvalue weighted by Gasteiger charge is -2.09. The average Bonchev–Trinajstić information content (AvgIpc) is 2.30. The molecule has 0 aliphatic rings. The van der Waals surface area contributed by atoms with Crippen molar-refractivity contribution in [2.45, 2.75) is 26.5 Å². The number of benzene rings is 1. The van der Waals surface area contributed by atoms with Crippen LogP contribution in [0.25, 0.3) is 0 Å². The molecule has 0 aliphatic heterocycles. The van der Waals surface area contributed by atoms with Crippen molar-refractivity contribution >= 4 is 12.2 Å². The molecular weight excluding hydrogens is 183 g/mol. The number of rotatable bonds is 3. The van der Waals surface area contributed by atoms with E-state index in [9.17, 15) is 0 Å². The molecule has 0 aromatic heterocycles. The van der Waals surface area contributed by atoms with Crippen LogP contribution in [0.3, 0.4) is 0 Å². The molecule has 0 saturated heterocycles. The van der Waals surface area contributed by atoms with E-state index < -0.39 is 0 Å². The molecular formula is C12H13BN2. The van der Waals surface area contributed by atoms with Crippen LogP contribution in [-0.4, -0.2) is 6.71 Å². The predicted molar refractivity (Wildman–Crippen MR) is 62.2 cm³/mol. The van der Waals surface area contributed by atoms with E-state index >= 15 is 0 Å². The van der Waals surface area contributed by atoms with Crippen molar-refractivity contribution in [1.82, 2.24) is 0 Å². The highest BCUT2D eigenvalue weighted by Gasteiger charge is 2.13. The minimum Gasteiger partial charge on any atom is -0.192 e. The summed E-state index contributed by atoms with van der Waals surface area (Å²) in [5.41, 5.74) is 2.27. The van der Waals surface area contributed by atoms with Crippen LogP contribution in [0.5, 0.6) is 0 Å². The molecule has 0 amide bonds. The molecule has 1 rings (SSSR count). The maximum absolute atomic E-state index is 8.85. The van der Waals surface area contributed by atoms with Crippen molar-refractivity contribution in [1.29, 1.82) is 10.5 Å². The molecule has 1 aromatic carbocycles. The fourth-order valence-electron chi connectivity index (χ4n) is 1.78. The number of hydrogen-bond donors (Lipinski definition) is 0. The Balaban J connectivity index is 3.19. The molecule has 0 saturated carbocycles. The third kappa shape index (κ3) is 2.61. The molecule has 1 aromatic rings. The summed E-state index contributed by atoms with van der Waals surface area (Å²) in [5.74, 6) is 0. The van der Waals surface area contributed by atoms with Crippen molar-refractivity contribution in [3.05, 3.63) is 29.3 Å². The topological polar surface area (TPSA) is 47.6 Å². The Morgan fingerprint density at radius 1 is 1.00 bits per heavy atom. The molecule has 15 heavy (non-hydrogen) atoms. The number of hydrogen-bond acceptors (Lipinski definition) is 2. The van der Waals surface area contributed by atoms with Gasteiger partial charge in [0, 0.05) is 0 Å². The molecule has 0 radical (unpaired) electrons. The molecule has 0 heterocycles. The highest BCUT2D eigenvalue weighted by Crippen LogP contribution is 2.06. The zero-order valence-electron chi connectivity index (χ0n) is 9.12. The third-order valence-electron chi connectivity index (χ3n) is 2.67. The van der Waals surface area contributed by atoms with Crippen molar-refractivity contribution in [3.8, 4) is 12.1 Å². The smallest absolute Gasteiger partial charge is 0.175 e. The minimum atomic E-state index is 0.449. The first kappa shape index (κ1) is 11.3. The second-order valence-corrected chi connectivity index (χ2v) is 3.58. The monoisotopic (exact) mass is 196 g/mol. The zero-order valence-corrected chi connectivity index (χ0v) is 9.12. The Kier molecular flexibility index (Phi) is 3.95. The first-order valence-corrected chi connectivity index (χ1v) is 5.20. The molecule has 74 valence electrons. The van der Waals surface area contributed by atoms with Crippen molar-refractivity contribution in [3.63, 3.8) is 0 Å². The van der Waals surface area contributed by atoms with E-state index in [1.807, 2.05) is 12.1 Å². The first-order valence-electron chi connectivity index (χ1n) is 5.20. The number of nitriles is 2. The van der Waals surface area contributed by atoms with Gasteiger partial charge in [0.2, 0.25) is 0 Å². The van der Waals surface area contributed by atoms with Crippen molar-refractivity contribution in [2.24, 2.45) is 0 Å². The van der Waals surface area contributed by atoms with Gasteiger partial charge >= 0.3 is 0 Å². The normalized spacial score (nSPS) is 9.07. The summed E-state index contributed by atoms with van der Waals surface area (Å²) in [6.45, 7) is 4.70. The summed E-state index contributed by atoms with van der Waals surface area (Å²) >= 11 is 0. The quantitative estimate of drug-likeness (QED) is 0.695. The Bertz CT molecular complexity index is 390. The third-order valence-corrected chi connectivity index (χ3v) is 2.67. The number of nitrogens with zero attached hydrogens (tertiary/aromatic N) is 2. The van der Waals surface area contributed by atoms with Crippen LogP contribution in [0.15, 0.2) is 18.2 Å². The van der Waals surface area contributed by atoms with E-state index in [4.69, 9.17) is 10.5 Å². The van der Waals surface area contributed by atoms with Gasteiger partial charge in [-0.1, -0.05) is 32.0 Å². The summed E-state index contributed by atoms with van der Waals surface area (Å²) in [6, 6.07) is 9.59. The van der Waals surface area contributed by atoms with Crippen LogP contribution in [0.2, 0.25) is 12.6 Å². The molecule has 0 bridgehead atoms. The summed E-state index contributed by atoms with van der Waals surface area (Å²) < 4.78 is 0. The zero-order chi connectivity index (χ0) is 11.3. The van der Waals surface area contributed by atoms with Crippen LogP contribution in [0.4, 0.5) is 0 Å². The summed E-state index contributed by atoms with van der Waals surface area (Å²) in [5, 5.41) is 17.7. The average molecular weight is 196 g/mol. The van der Waals surface area contributed by atoms with E-state index in [1.54, 1.807) is 6.07 Å². The van der Waals surface area contributed by atoms with Crippen LogP contribution in [-0.2, 0) is 0 Å². The SMILES string of the molecule is CCB(CC)c1cc(C#N)cc(C#N)c1. The van der Waals surface area contributed by atoms with Gasteiger partial charge in [-0.05, 0) is 18.2 Å². The Labute approximate surface area is 91.2 Å². The van der Waals surface area contributed by atoms with E-state index in [0.717, 1.165) is 18.1 Å².